The second-order valence-corrected chi connectivity index (χ2v) is 8.06. The molecule has 0 radical (unpaired) electrons. The van der Waals surface area contributed by atoms with Crippen molar-refractivity contribution in [3.63, 3.8) is 0 Å². The van der Waals surface area contributed by atoms with Crippen molar-refractivity contribution in [2.24, 2.45) is 0 Å². The fraction of sp³-hybridized carbons (Fsp3) is 0.250. The minimum atomic E-state index is -1.16. The Kier molecular flexibility index (Phi) is 5.86. The van der Waals surface area contributed by atoms with Crippen LogP contribution in [-0.2, 0) is 5.60 Å². The van der Waals surface area contributed by atoms with Gasteiger partial charge >= 0.3 is 0 Å². The zero-order valence-corrected chi connectivity index (χ0v) is 16.9. The summed E-state index contributed by atoms with van der Waals surface area (Å²) in [6, 6.07) is 23.8. The Bertz CT molecular complexity index is 943. The van der Waals surface area contributed by atoms with Gasteiger partial charge in [0, 0.05) is 10.7 Å². The molecule has 5 heteroatoms. The molecule has 0 aromatic heterocycles. The van der Waals surface area contributed by atoms with E-state index in [0.29, 0.717) is 6.54 Å². The number of piperazine rings is 1. The van der Waals surface area contributed by atoms with E-state index < -0.39 is 5.60 Å². The Balaban J connectivity index is 1.52. The molecule has 1 heterocycles. The number of hydrogen-bond donors (Lipinski definition) is 2. The van der Waals surface area contributed by atoms with Gasteiger partial charge in [-0.25, -0.2) is 4.39 Å². The number of nitrogens with zero attached hydrogens (tertiary/aromatic N) is 1. The molecular formula is C24H25ClFN2O+. The number of hydrogen-bond acceptors (Lipinski definition) is 2. The minimum absolute atomic E-state index is 0.299. The number of rotatable bonds is 5. The third-order valence-electron chi connectivity index (χ3n) is 5.72. The predicted octanol–water partition coefficient (Wildman–Crippen LogP) is 3.12. The highest BCUT2D eigenvalue weighted by molar-refractivity contribution is 6.30. The molecule has 1 aliphatic heterocycles. The first-order chi connectivity index (χ1) is 14.0. The van der Waals surface area contributed by atoms with E-state index in [1.54, 1.807) is 12.1 Å². The molecular weight excluding hydrogens is 387 g/mol. The summed E-state index contributed by atoms with van der Waals surface area (Å²) < 4.78 is 13.5. The fourth-order valence-electron chi connectivity index (χ4n) is 4.10. The smallest absolute Gasteiger partial charge is 0.163 e. The molecule has 1 fully saturated rings. The quantitative estimate of drug-likeness (QED) is 0.675. The van der Waals surface area contributed by atoms with Gasteiger partial charge in [-0.1, -0.05) is 60.1 Å². The largest absolute Gasteiger partial charge is 0.375 e. The van der Waals surface area contributed by atoms with Crippen LogP contribution in [0, 0.1) is 5.82 Å². The van der Waals surface area contributed by atoms with Crippen LogP contribution in [-0.4, -0.2) is 37.8 Å². The summed E-state index contributed by atoms with van der Waals surface area (Å²) in [5.74, 6) is -0.299. The van der Waals surface area contributed by atoms with Crippen molar-refractivity contribution in [1.29, 1.82) is 0 Å². The second-order valence-electron chi connectivity index (χ2n) is 7.63. The Hall–Kier alpha value is -2.40. The zero-order chi connectivity index (χ0) is 20.3. The van der Waals surface area contributed by atoms with E-state index in [-0.39, 0.29) is 5.82 Å². The lowest BCUT2D eigenvalue weighted by molar-refractivity contribution is -0.907. The summed E-state index contributed by atoms with van der Waals surface area (Å²) in [4.78, 5) is 3.65. The molecule has 0 unspecified atom stereocenters. The van der Waals surface area contributed by atoms with Crippen LogP contribution in [0.5, 0.6) is 0 Å². The van der Waals surface area contributed by atoms with Crippen LogP contribution in [0.3, 0.4) is 0 Å². The monoisotopic (exact) mass is 411 g/mol. The fourth-order valence-corrected chi connectivity index (χ4v) is 4.29. The molecule has 3 aromatic rings. The SMILES string of the molecule is O[C@@](C[NH+]1CCN(c2cccc(Cl)c2)CC1)(c1ccccc1)c1ccc(F)cc1. The molecule has 29 heavy (non-hydrogen) atoms. The lowest BCUT2D eigenvalue weighted by Crippen LogP contribution is -3.16. The van der Waals surface area contributed by atoms with Crippen LogP contribution in [0.25, 0.3) is 0 Å². The van der Waals surface area contributed by atoms with Crippen LogP contribution >= 0.6 is 11.6 Å². The number of quaternary nitrogens is 1. The second kappa shape index (κ2) is 8.54. The van der Waals surface area contributed by atoms with Crippen LogP contribution in [0.2, 0.25) is 5.02 Å². The topological polar surface area (TPSA) is 27.9 Å². The van der Waals surface area contributed by atoms with Gasteiger partial charge in [-0.05, 0) is 41.5 Å². The number of benzene rings is 3. The summed E-state index contributed by atoms with van der Waals surface area (Å²) >= 11 is 6.14. The molecule has 0 amide bonds. The molecule has 2 N–H and O–H groups in total. The molecule has 4 rings (SSSR count). The van der Waals surface area contributed by atoms with Gasteiger partial charge in [-0.3, -0.25) is 0 Å². The van der Waals surface area contributed by atoms with Crippen molar-refractivity contribution in [1.82, 2.24) is 0 Å². The Morgan fingerprint density at radius 1 is 0.897 bits per heavy atom. The number of halogens is 2. The van der Waals surface area contributed by atoms with Gasteiger partial charge in [-0.15, -0.1) is 0 Å². The summed E-state index contributed by atoms with van der Waals surface area (Å²) in [5.41, 5.74) is 1.52. The number of nitrogens with one attached hydrogen (secondary N) is 1. The van der Waals surface area contributed by atoms with Crippen molar-refractivity contribution in [3.05, 3.63) is 101 Å². The van der Waals surface area contributed by atoms with Gasteiger partial charge < -0.3 is 14.9 Å². The van der Waals surface area contributed by atoms with Gasteiger partial charge in [0.05, 0.1) is 26.2 Å². The number of aliphatic hydroxyl groups is 1. The summed E-state index contributed by atoms with van der Waals surface area (Å²) in [5, 5.41) is 12.5. The van der Waals surface area contributed by atoms with Crippen molar-refractivity contribution in [3.8, 4) is 0 Å². The van der Waals surface area contributed by atoms with Crippen LogP contribution in [0.4, 0.5) is 10.1 Å². The van der Waals surface area contributed by atoms with Gasteiger partial charge in [0.15, 0.2) is 5.60 Å². The predicted molar refractivity (Wildman–Crippen MR) is 115 cm³/mol. The van der Waals surface area contributed by atoms with E-state index in [2.05, 4.69) is 11.0 Å². The molecule has 0 bridgehead atoms. The maximum atomic E-state index is 13.5. The Morgan fingerprint density at radius 3 is 2.21 bits per heavy atom. The molecule has 150 valence electrons. The first-order valence-electron chi connectivity index (χ1n) is 9.93. The third kappa shape index (κ3) is 4.45. The standard InChI is InChI=1S/C24H24ClFN2O/c25-21-7-4-8-23(17-21)28-15-13-27(14-16-28)18-24(29,19-5-2-1-3-6-19)20-9-11-22(26)12-10-20/h1-12,17,29H,13-16,18H2/p+1/t24-/m0/s1. The van der Waals surface area contributed by atoms with E-state index >= 15 is 0 Å². The molecule has 1 atom stereocenters. The van der Waals surface area contributed by atoms with Crippen molar-refractivity contribution in [2.45, 2.75) is 5.60 Å². The maximum Gasteiger partial charge on any atom is 0.163 e. The molecule has 0 saturated carbocycles. The zero-order valence-electron chi connectivity index (χ0n) is 16.2. The van der Waals surface area contributed by atoms with Crippen LogP contribution in [0.15, 0.2) is 78.9 Å². The van der Waals surface area contributed by atoms with Crippen molar-refractivity contribution < 1.29 is 14.4 Å². The summed E-state index contributed by atoms with van der Waals surface area (Å²) in [7, 11) is 0. The molecule has 1 saturated heterocycles. The first kappa shape index (κ1) is 19.9. The summed E-state index contributed by atoms with van der Waals surface area (Å²) in [6.45, 7) is 4.13. The third-order valence-corrected chi connectivity index (χ3v) is 5.96. The van der Waals surface area contributed by atoms with Crippen LogP contribution in [0.1, 0.15) is 11.1 Å². The van der Waals surface area contributed by atoms with Gasteiger partial charge in [0.25, 0.3) is 0 Å². The highest BCUT2D eigenvalue weighted by Gasteiger charge is 2.37. The molecule has 0 aliphatic carbocycles. The Labute approximate surface area is 176 Å². The lowest BCUT2D eigenvalue weighted by atomic mass is 9.85. The average Bonchev–Trinajstić information content (AvgIpc) is 2.75. The molecule has 1 aliphatic rings. The minimum Gasteiger partial charge on any atom is -0.375 e. The van der Waals surface area contributed by atoms with Crippen molar-refractivity contribution >= 4 is 17.3 Å². The van der Waals surface area contributed by atoms with Crippen molar-refractivity contribution in [2.75, 3.05) is 37.6 Å². The Morgan fingerprint density at radius 2 is 1.55 bits per heavy atom. The highest BCUT2D eigenvalue weighted by Crippen LogP contribution is 2.28. The molecule has 0 spiro atoms. The first-order valence-corrected chi connectivity index (χ1v) is 10.3. The number of anilines is 1. The van der Waals surface area contributed by atoms with E-state index in [0.717, 1.165) is 48.0 Å². The summed E-state index contributed by atoms with van der Waals surface area (Å²) in [6.07, 6.45) is 0. The molecule has 3 aromatic carbocycles. The van der Waals surface area contributed by atoms with Gasteiger partial charge in [0.2, 0.25) is 0 Å². The van der Waals surface area contributed by atoms with E-state index in [9.17, 15) is 9.50 Å². The molecule has 3 nitrogen and oxygen atoms in total. The highest BCUT2D eigenvalue weighted by atomic mass is 35.5. The van der Waals surface area contributed by atoms with Crippen LogP contribution < -0.4 is 9.80 Å². The van der Waals surface area contributed by atoms with Gasteiger partial charge in [-0.2, -0.15) is 0 Å². The average molecular weight is 412 g/mol. The van der Waals surface area contributed by atoms with E-state index in [1.165, 1.54) is 17.0 Å². The van der Waals surface area contributed by atoms with E-state index in [1.807, 2.05) is 48.5 Å². The van der Waals surface area contributed by atoms with E-state index in [4.69, 9.17) is 11.6 Å². The van der Waals surface area contributed by atoms with Gasteiger partial charge in [0.1, 0.15) is 12.4 Å². The normalized spacial score (nSPS) is 17.1. The maximum absolute atomic E-state index is 13.5. The lowest BCUT2D eigenvalue weighted by Gasteiger charge is -2.38.